The van der Waals surface area contributed by atoms with E-state index in [0.717, 1.165) is 22.8 Å². The summed E-state index contributed by atoms with van der Waals surface area (Å²) in [5.41, 5.74) is 4.46. The number of pyridine rings is 2. The normalized spacial score (nSPS) is 15.9. The molecule has 0 saturated carbocycles. The first-order valence-electron chi connectivity index (χ1n) is 9.97. The largest absolute Gasteiger partial charge is 0.329 e. The van der Waals surface area contributed by atoms with Crippen LogP contribution in [0.1, 0.15) is 34.7 Å². The molecule has 1 aliphatic rings. The predicted molar refractivity (Wildman–Crippen MR) is 111 cm³/mol. The van der Waals surface area contributed by atoms with Crippen LogP contribution in [-0.4, -0.2) is 37.1 Å². The van der Waals surface area contributed by atoms with Crippen LogP contribution in [-0.2, 0) is 13.5 Å². The number of fused-ring (bicyclic) bond motifs is 2. The summed E-state index contributed by atoms with van der Waals surface area (Å²) in [6.07, 6.45) is 2.21. The lowest BCUT2D eigenvalue weighted by molar-refractivity contribution is 0.0668. The van der Waals surface area contributed by atoms with Crippen molar-refractivity contribution in [3.63, 3.8) is 0 Å². The second-order valence-corrected chi connectivity index (χ2v) is 7.66. The highest BCUT2D eigenvalue weighted by Gasteiger charge is 2.34. The van der Waals surface area contributed by atoms with E-state index in [9.17, 15) is 13.6 Å². The second-order valence-electron chi connectivity index (χ2n) is 7.66. The Hall–Kier alpha value is -3.68. The van der Waals surface area contributed by atoms with Gasteiger partial charge in [0.1, 0.15) is 17.3 Å². The molecular formula is C23H19F2N5O. The molecule has 0 fully saturated rings. The molecule has 4 heterocycles. The number of halogens is 2. The molecule has 0 N–H and O–H groups in total. The Morgan fingerprint density at radius 1 is 1.10 bits per heavy atom. The maximum atomic E-state index is 13.8. The van der Waals surface area contributed by atoms with E-state index in [2.05, 4.69) is 15.1 Å². The summed E-state index contributed by atoms with van der Waals surface area (Å²) in [5, 5.41) is 4.59. The van der Waals surface area contributed by atoms with E-state index in [1.807, 2.05) is 13.0 Å². The molecule has 6 nitrogen and oxygen atoms in total. The van der Waals surface area contributed by atoms with Gasteiger partial charge in [0.15, 0.2) is 0 Å². The Balaban J connectivity index is 1.50. The maximum Gasteiger partial charge on any atom is 0.273 e. The van der Waals surface area contributed by atoms with Crippen molar-refractivity contribution in [2.45, 2.75) is 19.4 Å². The number of aromatic nitrogens is 4. The third-order valence-electron chi connectivity index (χ3n) is 5.71. The number of hydrogen-bond donors (Lipinski definition) is 0. The summed E-state index contributed by atoms with van der Waals surface area (Å²) in [6.45, 7) is 2.36. The molecule has 1 amide bonds. The minimum atomic E-state index is -0.637. The van der Waals surface area contributed by atoms with Crippen LogP contribution >= 0.6 is 0 Å². The van der Waals surface area contributed by atoms with Gasteiger partial charge in [-0.05, 0) is 49.7 Å². The lowest BCUT2D eigenvalue weighted by Crippen LogP contribution is -2.39. The number of nitrogens with zero attached hydrogens (tertiary/aromatic N) is 5. The molecule has 1 atom stereocenters. The van der Waals surface area contributed by atoms with E-state index in [1.54, 1.807) is 41.0 Å². The molecule has 0 bridgehead atoms. The van der Waals surface area contributed by atoms with Crippen LogP contribution in [0.2, 0.25) is 0 Å². The smallest absolute Gasteiger partial charge is 0.273 e. The minimum Gasteiger partial charge on any atom is -0.329 e. The number of aryl methyl sites for hydroxylation is 1. The summed E-state index contributed by atoms with van der Waals surface area (Å²) in [7, 11) is 1.74. The third-order valence-corrected chi connectivity index (χ3v) is 5.71. The van der Waals surface area contributed by atoms with Crippen molar-refractivity contribution in [1.29, 1.82) is 0 Å². The SMILES string of the molecule is C[C@H]1c2nn(C)c(-c3cc(F)cc(F)c3)c2CCN1C(=O)c1ccc2ncccc2n1. The fraction of sp³-hybridized carbons (Fsp3) is 0.217. The van der Waals surface area contributed by atoms with Gasteiger partial charge in [-0.25, -0.2) is 13.8 Å². The molecule has 5 rings (SSSR count). The van der Waals surface area contributed by atoms with Crippen molar-refractivity contribution in [3.8, 4) is 11.3 Å². The number of carbonyl (C=O) groups excluding carboxylic acids is 1. The molecule has 31 heavy (non-hydrogen) atoms. The maximum absolute atomic E-state index is 13.8. The van der Waals surface area contributed by atoms with Crippen molar-refractivity contribution in [2.75, 3.05) is 6.54 Å². The van der Waals surface area contributed by atoms with Crippen LogP contribution in [0.15, 0.2) is 48.7 Å². The molecular weight excluding hydrogens is 400 g/mol. The first-order chi connectivity index (χ1) is 14.9. The summed E-state index contributed by atoms with van der Waals surface area (Å²) in [4.78, 5) is 23.7. The zero-order chi connectivity index (χ0) is 21.7. The van der Waals surface area contributed by atoms with Crippen molar-refractivity contribution in [2.24, 2.45) is 7.05 Å². The van der Waals surface area contributed by atoms with Crippen LogP contribution < -0.4 is 0 Å². The van der Waals surface area contributed by atoms with Crippen molar-refractivity contribution in [3.05, 3.63) is 77.2 Å². The molecule has 0 aliphatic carbocycles. The van der Waals surface area contributed by atoms with Crippen LogP contribution in [0.3, 0.4) is 0 Å². The van der Waals surface area contributed by atoms with E-state index in [1.165, 1.54) is 12.1 Å². The molecule has 0 spiro atoms. The fourth-order valence-corrected chi connectivity index (χ4v) is 4.30. The third kappa shape index (κ3) is 3.24. The van der Waals surface area contributed by atoms with E-state index in [0.29, 0.717) is 35.4 Å². The zero-order valence-electron chi connectivity index (χ0n) is 17.0. The summed E-state index contributed by atoms with van der Waals surface area (Å²) < 4.78 is 29.2. The average molecular weight is 419 g/mol. The van der Waals surface area contributed by atoms with E-state index in [-0.39, 0.29) is 11.9 Å². The number of hydrogen-bond acceptors (Lipinski definition) is 4. The van der Waals surface area contributed by atoms with Crippen LogP contribution in [0.4, 0.5) is 8.78 Å². The fourth-order valence-electron chi connectivity index (χ4n) is 4.30. The van der Waals surface area contributed by atoms with E-state index >= 15 is 0 Å². The summed E-state index contributed by atoms with van der Waals surface area (Å²) in [6, 6.07) is 10.2. The Labute approximate surface area is 177 Å². The Morgan fingerprint density at radius 2 is 1.87 bits per heavy atom. The molecule has 3 aromatic heterocycles. The molecule has 156 valence electrons. The highest BCUT2D eigenvalue weighted by atomic mass is 19.1. The van der Waals surface area contributed by atoms with E-state index < -0.39 is 11.6 Å². The minimum absolute atomic E-state index is 0.187. The zero-order valence-corrected chi connectivity index (χ0v) is 17.0. The molecule has 1 aliphatic heterocycles. The summed E-state index contributed by atoms with van der Waals surface area (Å²) in [5.74, 6) is -1.46. The monoisotopic (exact) mass is 419 g/mol. The molecule has 0 saturated heterocycles. The standard InChI is InChI=1S/C23H19F2N5O/c1-13-21-17(22(29(2)28-21)14-10-15(24)12-16(25)11-14)7-9-30(13)23(31)20-6-5-18-19(27-20)4-3-8-26-18/h3-6,8,10-13H,7,9H2,1-2H3/t13-/m0/s1. The van der Waals surface area contributed by atoms with Gasteiger partial charge in [0.2, 0.25) is 0 Å². The number of amides is 1. The molecule has 0 radical (unpaired) electrons. The van der Waals surface area contributed by atoms with Gasteiger partial charge in [-0.15, -0.1) is 0 Å². The Kier molecular flexibility index (Phi) is 4.50. The predicted octanol–water partition coefficient (Wildman–Crippen LogP) is 4.07. The second kappa shape index (κ2) is 7.23. The quantitative estimate of drug-likeness (QED) is 0.491. The first kappa shape index (κ1) is 19.3. The van der Waals surface area contributed by atoms with Gasteiger partial charge in [-0.3, -0.25) is 14.5 Å². The van der Waals surface area contributed by atoms with E-state index in [4.69, 9.17) is 0 Å². The van der Waals surface area contributed by atoms with Gasteiger partial charge in [-0.1, -0.05) is 0 Å². The van der Waals surface area contributed by atoms with Gasteiger partial charge in [-0.2, -0.15) is 5.10 Å². The average Bonchev–Trinajstić information content (AvgIpc) is 3.09. The van der Waals surface area contributed by atoms with Gasteiger partial charge in [0.25, 0.3) is 5.91 Å². The van der Waals surface area contributed by atoms with Gasteiger partial charge >= 0.3 is 0 Å². The first-order valence-corrected chi connectivity index (χ1v) is 9.97. The van der Waals surface area contributed by atoms with Crippen molar-refractivity contribution < 1.29 is 13.6 Å². The van der Waals surface area contributed by atoms with Crippen LogP contribution in [0.5, 0.6) is 0 Å². The molecule has 4 aromatic rings. The topological polar surface area (TPSA) is 63.9 Å². The highest BCUT2D eigenvalue weighted by molar-refractivity contribution is 5.95. The number of benzene rings is 1. The van der Waals surface area contributed by atoms with Crippen LogP contribution in [0.25, 0.3) is 22.3 Å². The van der Waals surface area contributed by atoms with Gasteiger partial charge in [0, 0.05) is 37.0 Å². The number of rotatable bonds is 2. The van der Waals surface area contributed by atoms with Crippen molar-refractivity contribution in [1.82, 2.24) is 24.6 Å². The van der Waals surface area contributed by atoms with Gasteiger partial charge < -0.3 is 4.90 Å². The van der Waals surface area contributed by atoms with Crippen molar-refractivity contribution >= 4 is 16.9 Å². The van der Waals surface area contributed by atoms with Crippen LogP contribution in [0, 0.1) is 11.6 Å². The van der Waals surface area contributed by atoms with Gasteiger partial charge in [0.05, 0.1) is 28.5 Å². The molecule has 8 heteroatoms. The number of carbonyl (C=O) groups is 1. The molecule has 1 aromatic carbocycles. The summed E-state index contributed by atoms with van der Waals surface area (Å²) >= 11 is 0. The molecule has 0 unspecified atom stereocenters. The highest BCUT2D eigenvalue weighted by Crippen LogP contribution is 2.36. The Bertz CT molecular complexity index is 1310. The lowest BCUT2D eigenvalue weighted by Gasteiger charge is -2.32. The Morgan fingerprint density at radius 3 is 2.65 bits per heavy atom. The lowest BCUT2D eigenvalue weighted by atomic mass is 9.95.